The molecule has 1 N–H and O–H groups in total. The maximum Gasteiger partial charge on any atom is 0.515 e. The summed E-state index contributed by atoms with van der Waals surface area (Å²) >= 11 is 0. The van der Waals surface area contributed by atoms with E-state index in [1.165, 1.54) is 17.7 Å². The molecule has 180 valence electrons. The number of nitrogens with zero attached hydrogens (tertiary/aromatic N) is 1. The zero-order valence-corrected chi connectivity index (χ0v) is 19.3. The average Bonchev–Trinajstić information content (AvgIpc) is 3.10. The minimum Gasteiger partial charge on any atom is -0.431 e. The van der Waals surface area contributed by atoms with E-state index < -0.39 is 62.2 Å². The van der Waals surface area contributed by atoms with Gasteiger partial charge in [0.15, 0.2) is 12.6 Å². The van der Waals surface area contributed by atoms with Gasteiger partial charge in [-0.2, -0.15) is 0 Å². The molecule has 1 aromatic rings. The summed E-state index contributed by atoms with van der Waals surface area (Å²) in [7, 11) is -4.48. The van der Waals surface area contributed by atoms with E-state index in [1.54, 1.807) is 27.7 Å². The zero-order chi connectivity index (χ0) is 24.1. The molecule has 14 heteroatoms. The Morgan fingerprint density at radius 2 is 1.69 bits per heavy atom. The summed E-state index contributed by atoms with van der Waals surface area (Å²) in [4.78, 5) is 49.3. The highest BCUT2D eigenvalue weighted by molar-refractivity contribution is 7.54. The molecule has 1 aliphatic rings. The minimum atomic E-state index is -4.48. The molecule has 13 nitrogen and oxygen atoms in total. The Balaban J connectivity index is 2.05. The minimum absolute atomic E-state index is 0.280. The highest BCUT2D eigenvalue weighted by Crippen LogP contribution is 2.50. The lowest BCUT2D eigenvalue weighted by Crippen LogP contribution is -2.33. The Hall–Kier alpha value is -2.63. The molecular formula is C18H27N2O11P. The second-order valence-corrected chi connectivity index (χ2v) is 9.34. The molecule has 0 aliphatic carbocycles. The van der Waals surface area contributed by atoms with Gasteiger partial charge in [0.2, 0.25) is 0 Å². The van der Waals surface area contributed by atoms with Crippen molar-refractivity contribution in [3.63, 3.8) is 0 Å². The summed E-state index contributed by atoms with van der Waals surface area (Å²) in [5.74, 6) is 0. The first-order valence-electron chi connectivity index (χ1n) is 9.87. The highest BCUT2D eigenvalue weighted by Gasteiger charge is 2.38. The highest BCUT2D eigenvalue weighted by atomic mass is 31.2. The fraction of sp³-hybridized carbons (Fsp3) is 0.667. The van der Waals surface area contributed by atoms with Crippen molar-refractivity contribution in [3.8, 4) is 0 Å². The molecule has 0 unspecified atom stereocenters. The largest absolute Gasteiger partial charge is 0.515 e. The third-order valence-corrected chi connectivity index (χ3v) is 5.24. The van der Waals surface area contributed by atoms with E-state index >= 15 is 0 Å². The van der Waals surface area contributed by atoms with Crippen molar-refractivity contribution in [3.05, 3.63) is 32.6 Å². The number of hydrogen-bond donors (Lipinski definition) is 1. The van der Waals surface area contributed by atoms with Crippen molar-refractivity contribution in [2.24, 2.45) is 0 Å². The summed E-state index contributed by atoms with van der Waals surface area (Å²) in [5.41, 5.74) is -0.846. The number of H-pyrrole nitrogens is 1. The monoisotopic (exact) mass is 478 g/mol. The van der Waals surface area contributed by atoms with Crippen molar-refractivity contribution < 1.29 is 42.1 Å². The third-order valence-electron chi connectivity index (χ3n) is 3.92. The van der Waals surface area contributed by atoms with E-state index in [0.717, 1.165) is 0 Å². The van der Waals surface area contributed by atoms with Crippen LogP contribution in [0.15, 0.2) is 15.8 Å². The lowest BCUT2D eigenvalue weighted by atomic mass is 10.3. The van der Waals surface area contributed by atoms with Crippen molar-refractivity contribution in [2.45, 2.75) is 72.2 Å². The van der Waals surface area contributed by atoms with E-state index in [0.29, 0.717) is 12.0 Å². The van der Waals surface area contributed by atoms with Crippen LogP contribution in [0.25, 0.3) is 0 Å². The first-order chi connectivity index (χ1) is 14.9. The van der Waals surface area contributed by atoms with Crippen molar-refractivity contribution in [1.82, 2.24) is 9.55 Å². The number of aromatic nitrogens is 2. The Bertz CT molecular complexity index is 956. The molecule has 0 aromatic carbocycles. The maximum absolute atomic E-state index is 12.9. The summed E-state index contributed by atoms with van der Waals surface area (Å²) in [6, 6.07) is 0. The standard InChI is InChI=1S/C18H27N2O11P/c1-10(2)27-17(23)30-32(25,31-18(24)28-11(3)4)9-26-14-7-6-13(29-14)20-8-12(5)15(21)19-16(20)22/h8,10-11,13-14H,6-7,9H2,1-5H3,(H,19,21,22)/t13-,14+/m1/s1. The van der Waals surface area contributed by atoms with Crippen LogP contribution >= 0.6 is 7.60 Å². The second kappa shape index (κ2) is 10.8. The number of hydrogen-bond acceptors (Lipinski definition) is 11. The molecule has 2 atom stereocenters. The van der Waals surface area contributed by atoms with E-state index in [1.807, 2.05) is 0 Å². The Morgan fingerprint density at radius 3 is 2.22 bits per heavy atom. The summed E-state index contributed by atoms with van der Waals surface area (Å²) < 4.78 is 44.1. The molecule has 1 aromatic heterocycles. The van der Waals surface area contributed by atoms with Crippen molar-refractivity contribution in [1.29, 1.82) is 0 Å². The fourth-order valence-corrected chi connectivity index (χ4v) is 3.65. The first-order valence-corrected chi connectivity index (χ1v) is 11.6. The van der Waals surface area contributed by atoms with Crippen LogP contribution in [0, 0.1) is 6.92 Å². The predicted octanol–water partition coefficient (Wildman–Crippen LogP) is 2.77. The van der Waals surface area contributed by atoms with Gasteiger partial charge in [-0.3, -0.25) is 14.3 Å². The van der Waals surface area contributed by atoms with Gasteiger partial charge in [-0.1, -0.05) is 0 Å². The number of carbonyl (C=O) groups excluding carboxylic acids is 2. The normalized spacial score (nSPS) is 18.6. The van der Waals surface area contributed by atoms with Crippen LogP contribution in [-0.4, -0.2) is 46.7 Å². The topological polar surface area (TPSA) is 161 Å². The number of carbonyl (C=O) groups is 2. The average molecular weight is 478 g/mol. The SMILES string of the molecule is Cc1cn([C@H]2CC[C@@H](OCP(=O)(OC(=O)OC(C)C)OC(=O)OC(C)C)O2)c(=O)[nH]c1=O. The van der Waals surface area contributed by atoms with Gasteiger partial charge < -0.3 is 28.0 Å². The predicted molar refractivity (Wildman–Crippen MR) is 108 cm³/mol. The van der Waals surface area contributed by atoms with E-state index in [-0.39, 0.29) is 6.42 Å². The van der Waals surface area contributed by atoms with E-state index in [2.05, 4.69) is 4.98 Å². The van der Waals surface area contributed by atoms with Crippen LogP contribution in [0.3, 0.4) is 0 Å². The number of rotatable bonds is 8. The lowest BCUT2D eigenvalue weighted by Gasteiger charge is -2.21. The van der Waals surface area contributed by atoms with Gasteiger partial charge in [-0.25, -0.2) is 18.9 Å². The molecule has 0 amide bonds. The van der Waals surface area contributed by atoms with Crippen molar-refractivity contribution in [2.75, 3.05) is 6.35 Å². The van der Waals surface area contributed by atoms with Crippen LogP contribution in [0.5, 0.6) is 0 Å². The van der Waals surface area contributed by atoms with Crippen molar-refractivity contribution >= 4 is 19.9 Å². The fourth-order valence-electron chi connectivity index (χ4n) is 2.62. The first kappa shape index (κ1) is 25.6. The van der Waals surface area contributed by atoms with Crippen LogP contribution in [0.2, 0.25) is 0 Å². The second-order valence-electron chi connectivity index (χ2n) is 7.50. The molecule has 1 aliphatic heterocycles. The molecule has 1 saturated heterocycles. The van der Waals surface area contributed by atoms with Gasteiger partial charge in [-0.05, 0) is 41.0 Å². The summed E-state index contributed by atoms with van der Waals surface area (Å²) in [5, 5.41) is 0. The van der Waals surface area contributed by atoms with E-state index in [4.69, 9.17) is 28.0 Å². The number of nitrogens with one attached hydrogen (secondary N) is 1. The Labute approximate surface area is 183 Å². The molecule has 0 bridgehead atoms. The van der Waals surface area contributed by atoms with Crippen LogP contribution in [0.1, 0.15) is 52.3 Å². The number of aryl methyl sites for hydroxylation is 1. The summed E-state index contributed by atoms with van der Waals surface area (Å²) in [6.07, 6.45) is -4.33. The van der Waals surface area contributed by atoms with Gasteiger partial charge in [0.25, 0.3) is 5.56 Å². The Kier molecular flexibility index (Phi) is 8.65. The molecule has 1 fully saturated rings. The van der Waals surface area contributed by atoms with Crippen LogP contribution in [-0.2, 0) is 32.6 Å². The summed E-state index contributed by atoms with van der Waals surface area (Å²) in [6.45, 7) is 7.72. The Morgan fingerprint density at radius 1 is 1.12 bits per heavy atom. The van der Waals surface area contributed by atoms with Gasteiger partial charge >= 0.3 is 25.6 Å². The van der Waals surface area contributed by atoms with Gasteiger partial charge in [0.1, 0.15) is 6.23 Å². The molecular weight excluding hydrogens is 451 g/mol. The van der Waals surface area contributed by atoms with Crippen LogP contribution in [0.4, 0.5) is 9.59 Å². The maximum atomic E-state index is 12.9. The molecule has 0 radical (unpaired) electrons. The van der Waals surface area contributed by atoms with Gasteiger partial charge in [0.05, 0.1) is 12.2 Å². The smallest absolute Gasteiger partial charge is 0.431 e. The molecule has 0 saturated carbocycles. The molecule has 2 rings (SSSR count). The third kappa shape index (κ3) is 7.50. The van der Waals surface area contributed by atoms with Gasteiger partial charge in [-0.15, -0.1) is 0 Å². The molecule has 32 heavy (non-hydrogen) atoms. The molecule has 2 heterocycles. The molecule has 0 spiro atoms. The quantitative estimate of drug-likeness (QED) is 0.432. The van der Waals surface area contributed by atoms with E-state index in [9.17, 15) is 23.7 Å². The number of aromatic amines is 1. The lowest BCUT2D eigenvalue weighted by molar-refractivity contribution is -0.142. The van der Waals surface area contributed by atoms with Crippen LogP contribution < -0.4 is 11.2 Å². The van der Waals surface area contributed by atoms with Gasteiger partial charge in [0, 0.05) is 18.2 Å². The zero-order valence-electron chi connectivity index (χ0n) is 18.4. The number of ether oxygens (including phenoxy) is 4.